The van der Waals surface area contributed by atoms with Gasteiger partial charge in [-0.3, -0.25) is 9.59 Å². The van der Waals surface area contributed by atoms with Crippen LogP contribution in [0.2, 0.25) is 0 Å². The van der Waals surface area contributed by atoms with E-state index in [0.717, 1.165) is 41.3 Å². The lowest BCUT2D eigenvalue weighted by molar-refractivity contribution is -0.149. The van der Waals surface area contributed by atoms with E-state index in [1.807, 2.05) is 52.7 Å². The Morgan fingerprint density at radius 2 is 2.11 bits per heavy atom. The minimum absolute atomic E-state index is 0.0668. The van der Waals surface area contributed by atoms with Gasteiger partial charge in [-0.2, -0.15) is 11.8 Å². The third-order valence-electron chi connectivity index (χ3n) is 5.18. The number of carbonyl (C=O) groups is 2. The number of esters is 1. The molecule has 1 amide bonds. The van der Waals surface area contributed by atoms with Crippen molar-refractivity contribution in [3.8, 4) is 5.00 Å². The van der Waals surface area contributed by atoms with Gasteiger partial charge < -0.3 is 14.2 Å². The zero-order valence-electron chi connectivity index (χ0n) is 15.5. The molecule has 0 bridgehead atoms. The molecule has 0 N–H and O–H groups in total. The van der Waals surface area contributed by atoms with Crippen molar-refractivity contribution >= 4 is 35.0 Å². The maximum absolute atomic E-state index is 13.5. The Bertz CT molecular complexity index is 829. The van der Waals surface area contributed by atoms with Crippen molar-refractivity contribution in [1.82, 2.24) is 9.47 Å². The minimum Gasteiger partial charge on any atom is -0.466 e. The number of thioether (sulfide) groups is 1. The standard InChI is InChI=1S/C20H24N2O3S2/c1-2-25-20(24)14-6-5-10-22(12-14)18(23)17-15-7-11-26-13-16(15)27-19(17)21-8-3-4-9-21/h3-4,8-9,14H,2,5-7,10-13H2,1H3/t14-/m0/s1. The molecule has 4 rings (SSSR count). The number of likely N-dealkylation sites (tertiary alicyclic amines) is 1. The molecule has 2 aliphatic heterocycles. The van der Waals surface area contributed by atoms with Gasteiger partial charge in [0.15, 0.2) is 0 Å². The van der Waals surface area contributed by atoms with Gasteiger partial charge in [0.05, 0.1) is 18.1 Å². The smallest absolute Gasteiger partial charge is 0.310 e. The summed E-state index contributed by atoms with van der Waals surface area (Å²) in [5.74, 6) is 1.72. The largest absolute Gasteiger partial charge is 0.466 e. The highest BCUT2D eigenvalue weighted by molar-refractivity contribution is 7.98. The van der Waals surface area contributed by atoms with E-state index in [2.05, 4.69) is 0 Å². The Balaban J connectivity index is 1.65. The maximum atomic E-state index is 13.5. The molecule has 27 heavy (non-hydrogen) atoms. The molecule has 144 valence electrons. The van der Waals surface area contributed by atoms with Crippen molar-refractivity contribution in [2.75, 3.05) is 25.4 Å². The van der Waals surface area contributed by atoms with E-state index in [1.54, 1.807) is 11.3 Å². The first-order valence-corrected chi connectivity index (χ1v) is 11.5. The predicted octanol–water partition coefficient (Wildman–Crippen LogP) is 3.74. The summed E-state index contributed by atoms with van der Waals surface area (Å²) >= 11 is 3.66. The quantitative estimate of drug-likeness (QED) is 0.729. The van der Waals surface area contributed by atoms with Crippen LogP contribution in [0.5, 0.6) is 0 Å². The first kappa shape index (κ1) is 18.6. The van der Waals surface area contributed by atoms with Crippen LogP contribution in [0.15, 0.2) is 24.5 Å². The summed E-state index contributed by atoms with van der Waals surface area (Å²) in [4.78, 5) is 28.9. The highest BCUT2D eigenvalue weighted by Crippen LogP contribution is 2.39. The summed E-state index contributed by atoms with van der Waals surface area (Å²) in [6.45, 7) is 3.38. The number of nitrogens with zero attached hydrogens (tertiary/aromatic N) is 2. The van der Waals surface area contributed by atoms with Crippen molar-refractivity contribution in [1.29, 1.82) is 0 Å². The summed E-state index contributed by atoms with van der Waals surface area (Å²) in [6.07, 6.45) is 6.58. The number of amides is 1. The molecule has 0 aliphatic carbocycles. The van der Waals surface area contributed by atoms with Gasteiger partial charge in [-0.1, -0.05) is 0 Å². The van der Waals surface area contributed by atoms with E-state index in [-0.39, 0.29) is 17.8 Å². The molecular formula is C20H24N2O3S2. The second-order valence-electron chi connectivity index (χ2n) is 6.92. The van der Waals surface area contributed by atoms with Crippen molar-refractivity contribution in [2.24, 2.45) is 5.92 Å². The second-order valence-corrected chi connectivity index (χ2v) is 9.11. The maximum Gasteiger partial charge on any atom is 0.310 e. The van der Waals surface area contributed by atoms with Gasteiger partial charge in [0, 0.05) is 36.1 Å². The number of carbonyl (C=O) groups excluding carboxylic acids is 2. The molecule has 1 atom stereocenters. The summed E-state index contributed by atoms with van der Waals surface area (Å²) in [7, 11) is 0. The van der Waals surface area contributed by atoms with Gasteiger partial charge in [-0.05, 0) is 49.6 Å². The van der Waals surface area contributed by atoms with Crippen LogP contribution in [0.4, 0.5) is 0 Å². The average Bonchev–Trinajstić information content (AvgIpc) is 3.35. The third kappa shape index (κ3) is 3.67. The zero-order chi connectivity index (χ0) is 18.8. The Hall–Kier alpha value is -1.73. The fourth-order valence-corrected chi connectivity index (χ4v) is 6.30. The second kappa shape index (κ2) is 8.10. The molecular weight excluding hydrogens is 380 g/mol. The molecule has 0 unspecified atom stereocenters. The van der Waals surface area contributed by atoms with Crippen LogP contribution in [-0.2, 0) is 21.7 Å². The molecule has 2 aliphatic rings. The Labute approximate surface area is 167 Å². The summed E-state index contributed by atoms with van der Waals surface area (Å²) in [5, 5.41) is 1.01. The molecule has 4 heterocycles. The van der Waals surface area contributed by atoms with E-state index >= 15 is 0 Å². The van der Waals surface area contributed by atoms with Gasteiger partial charge in [-0.15, -0.1) is 11.3 Å². The van der Waals surface area contributed by atoms with Crippen LogP contribution < -0.4 is 0 Å². The number of hydrogen-bond acceptors (Lipinski definition) is 5. The molecule has 1 saturated heterocycles. The highest BCUT2D eigenvalue weighted by atomic mass is 32.2. The molecule has 0 spiro atoms. The van der Waals surface area contributed by atoms with Crippen molar-refractivity contribution < 1.29 is 14.3 Å². The molecule has 1 fully saturated rings. The lowest BCUT2D eigenvalue weighted by atomic mass is 9.97. The van der Waals surface area contributed by atoms with Crippen molar-refractivity contribution in [2.45, 2.75) is 31.9 Å². The van der Waals surface area contributed by atoms with Gasteiger partial charge in [-0.25, -0.2) is 0 Å². The Morgan fingerprint density at radius 1 is 1.30 bits per heavy atom. The van der Waals surface area contributed by atoms with Crippen LogP contribution >= 0.6 is 23.1 Å². The van der Waals surface area contributed by atoms with Crippen LogP contribution in [-0.4, -0.2) is 46.8 Å². The molecule has 0 radical (unpaired) electrons. The SMILES string of the molecule is CCOC(=O)[C@H]1CCCN(C(=O)c2c(-n3cccc3)sc3c2CCSC3)C1. The van der Waals surface area contributed by atoms with Crippen LogP contribution in [0, 0.1) is 5.92 Å². The number of hydrogen-bond donors (Lipinski definition) is 0. The number of thiophene rings is 1. The number of piperidine rings is 1. The average molecular weight is 405 g/mol. The molecule has 0 aromatic carbocycles. The van der Waals surface area contributed by atoms with Crippen molar-refractivity contribution in [3.05, 3.63) is 40.5 Å². The Morgan fingerprint density at radius 3 is 2.89 bits per heavy atom. The van der Waals surface area contributed by atoms with Gasteiger partial charge in [0.1, 0.15) is 5.00 Å². The van der Waals surface area contributed by atoms with Gasteiger partial charge >= 0.3 is 5.97 Å². The van der Waals surface area contributed by atoms with Gasteiger partial charge in [0.25, 0.3) is 5.91 Å². The fourth-order valence-electron chi connectivity index (χ4n) is 3.86. The topological polar surface area (TPSA) is 51.5 Å². The molecule has 0 saturated carbocycles. The summed E-state index contributed by atoms with van der Waals surface area (Å²) in [6, 6.07) is 3.97. The van der Waals surface area contributed by atoms with Crippen molar-refractivity contribution in [3.63, 3.8) is 0 Å². The van der Waals surface area contributed by atoms with Crippen LogP contribution in [0.25, 0.3) is 5.00 Å². The summed E-state index contributed by atoms with van der Waals surface area (Å²) in [5.41, 5.74) is 2.06. The van der Waals surface area contributed by atoms with E-state index < -0.39 is 0 Å². The molecule has 7 heteroatoms. The van der Waals surface area contributed by atoms with E-state index in [4.69, 9.17) is 4.74 Å². The third-order valence-corrected chi connectivity index (χ3v) is 7.60. The lowest BCUT2D eigenvalue weighted by Crippen LogP contribution is -2.43. The Kier molecular flexibility index (Phi) is 5.59. The minimum atomic E-state index is -0.206. The normalized spacial score (nSPS) is 19.6. The van der Waals surface area contributed by atoms with Crippen LogP contribution in [0.1, 0.15) is 40.6 Å². The summed E-state index contributed by atoms with van der Waals surface area (Å²) < 4.78 is 7.24. The first-order valence-electron chi connectivity index (χ1n) is 9.50. The highest BCUT2D eigenvalue weighted by Gasteiger charge is 2.34. The molecule has 5 nitrogen and oxygen atoms in total. The number of rotatable bonds is 4. The number of ether oxygens (including phenoxy) is 1. The molecule has 2 aromatic rings. The van der Waals surface area contributed by atoms with Gasteiger partial charge in [0.2, 0.25) is 0 Å². The number of fused-ring (bicyclic) bond motifs is 1. The monoisotopic (exact) mass is 404 g/mol. The first-order chi connectivity index (χ1) is 13.2. The van der Waals surface area contributed by atoms with E-state index in [0.29, 0.717) is 19.7 Å². The fraction of sp³-hybridized carbons (Fsp3) is 0.500. The van der Waals surface area contributed by atoms with Crippen LogP contribution in [0.3, 0.4) is 0 Å². The molecule has 2 aromatic heterocycles. The van der Waals surface area contributed by atoms with E-state index in [1.165, 1.54) is 10.4 Å². The van der Waals surface area contributed by atoms with E-state index in [9.17, 15) is 9.59 Å². The number of aromatic nitrogens is 1. The lowest BCUT2D eigenvalue weighted by Gasteiger charge is -2.32. The predicted molar refractivity (Wildman–Crippen MR) is 109 cm³/mol. The zero-order valence-corrected chi connectivity index (χ0v) is 17.1.